The number of sulfonamides is 1. The first-order valence-corrected chi connectivity index (χ1v) is 8.97. The van der Waals surface area contributed by atoms with Crippen molar-refractivity contribution in [1.29, 1.82) is 0 Å². The van der Waals surface area contributed by atoms with Crippen molar-refractivity contribution in [2.24, 2.45) is 0 Å². The standard InChI is InChI=1S/C17H23N3O2S/c1-10-7-19-16(8-18-10)9-20-23(21,22)17-14(5)12(3)11(2)13(4)15(17)6/h7-8,20H,9H2,1-6H3. The maximum Gasteiger partial charge on any atom is 0.241 e. The molecule has 1 aromatic carbocycles. The van der Waals surface area contributed by atoms with Gasteiger partial charge in [0.15, 0.2) is 0 Å². The molecular weight excluding hydrogens is 310 g/mol. The Kier molecular flexibility index (Phi) is 4.87. The number of hydrogen-bond acceptors (Lipinski definition) is 4. The second kappa shape index (κ2) is 6.37. The van der Waals surface area contributed by atoms with Crippen molar-refractivity contribution in [3.8, 4) is 0 Å². The number of aromatic nitrogens is 2. The van der Waals surface area contributed by atoms with Crippen LogP contribution >= 0.6 is 0 Å². The molecule has 23 heavy (non-hydrogen) atoms. The van der Waals surface area contributed by atoms with Crippen LogP contribution in [0.4, 0.5) is 0 Å². The van der Waals surface area contributed by atoms with Gasteiger partial charge in [-0.1, -0.05) is 0 Å². The van der Waals surface area contributed by atoms with E-state index in [1.54, 1.807) is 12.4 Å². The van der Waals surface area contributed by atoms with Gasteiger partial charge in [0, 0.05) is 6.20 Å². The van der Waals surface area contributed by atoms with Crippen LogP contribution in [0.2, 0.25) is 0 Å². The van der Waals surface area contributed by atoms with E-state index in [2.05, 4.69) is 14.7 Å². The molecule has 1 N–H and O–H groups in total. The van der Waals surface area contributed by atoms with E-state index in [0.717, 1.165) is 33.5 Å². The Labute approximate surface area is 138 Å². The van der Waals surface area contributed by atoms with Gasteiger partial charge >= 0.3 is 0 Å². The molecule has 0 amide bonds. The zero-order chi connectivity index (χ0) is 17.4. The minimum Gasteiger partial charge on any atom is -0.258 e. The third kappa shape index (κ3) is 3.43. The van der Waals surface area contributed by atoms with Crippen LogP contribution < -0.4 is 4.72 Å². The predicted molar refractivity (Wildman–Crippen MR) is 90.9 cm³/mol. The van der Waals surface area contributed by atoms with E-state index in [1.807, 2.05) is 41.5 Å². The lowest BCUT2D eigenvalue weighted by atomic mass is 9.95. The van der Waals surface area contributed by atoms with Crippen molar-refractivity contribution in [2.45, 2.75) is 53.0 Å². The molecule has 2 rings (SSSR count). The first kappa shape index (κ1) is 17.6. The molecule has 5 nitrogen and oxygen atoms in total. The van der Waals surface area contributed by atoms with Crippen LogP contribution in [0.3, 0.4) is 0 Å². The van der Waals surface area contributed by atoms with E-state index in [0.29, 0.717) is 10.6 Å². The fraction of sp³-hybridized carbons (Fsp3) is 0.412. The van der Waals surface area contributed by atoms with Gasteiger partial charge in [-0.25, -0.2) is 13.1 Å². The summed E-state index contributed by atoms with van der Waals surface area (Å²) in [6, 6.07) is 0. The summed E-state index contributed by atoms with van der Waals surface area (Å²) in [5, 5.41) is 0. The van der Waals surface area contributed by atoms with E-state index in [4.69, 9.17) is 0 Å². The summed E-state index contributed by atoms with van der Waals surface area (Å²) in [7, 11) is -3.61. The Hall–Kier alpha value is -1.79. The minimum atomic E-state index is -3.61. The van der Waals surface area contributed by atoms with Crippen LogP contribution in [0.25, 0.3) is 0 Å². The Bertz CT molecular complexity index is 812. The molecule has 0 aliphatic heterocycles. The van der Waals surface area contributed by atoms with Gasteiger partial charge in [-0.3, -0.25) is 9.97 Å². The van der Waals surface area contributed by atoms with Crippen molar-refractivity contribution >= 4 is 10.0 Å². The first-order valence-electron chi connectivity index (χ1n) is 7.49. The molecular formula is C17H23N3O2S. The zero-order valence-corrected chi connectivity index (χ0v) is 15.3. The number of rotatable bonds is 4. The van der Waals surface area contributed by atoms with E-state index in [-0.39, 0.29) is 6.54 Å². The topological polar surface area (TPSA) is 72.0 Å². The molecule has 124 valence electrons. The normalized spacial score (nSPS) is 11.7. The zero-order valence-electron chi connectivity index (χ0n) is 14.5. The van der Waals surface area contributed by atoms with E-state index in [1.165, 1.54) is 0 Å². The Morgan fingerprint density at radius 2 is 1.35 bits per heavy atom. The third-order valence-electron chi connectivity index (χ3n) is 4.48. The maximum absolute atomic E-state index is 12.8. The molecule has 2 aromatic rings. The molecule has 0 saturated carbocycles. The average Bonchev–Trinajstić information content (AvgIpc) is 2.50. The summed E-state index contributed by atoms with van der Waals surface area (Å²) in [5.74, 6) is 0. The maximum atomic E-state index is 12.8. The summed E-state index contributed by atoms with van der Waals surface area (Å²) in [5.41, 5.74) is 6.17. The Morgan fingerprint density at radius 1 is 0.826 bits per heavy atom. The Morgan fingerprint density at radius 3 is 1.83 bits per heavy atom. The highest BCUT2D eigenvalue weighted by Crippen LogP contribution is 2.29. The fourth-order valence-corrected chi connectivity index (χ4v) is 4.22. The van der Waals surface area contributed by atoms with Gasteiger partial charge in [0.05, 0.1) is 29.0 Å². The molecule has 0 aliphatic carbocycles. The highest BCUT2D eigenvalue weighted by molar-refractivity contribution is 7.89. The molecule has 0 spiro atoms. The number of nitrogens with zero attached hydrogens (tertiary/aromatic N) is 2. The molecule has 0 bridgehead atoms. The van der Waals surface area contributed by atoms with Crippen LogP contribution in [0.1, 0.15) is 39.2 Å². The van der Waals surface area contributed by atoms with E-state index in [9.17, 15) is 8.42 Å². The largest absolute Gasteiger partial charge is 0.258 e. The number of benzene rings is 1. The van der Waals surface area contributed by atoms with Gasteiger partial charge in [0.2, 0.25) is 10.0 Å². The molecule has 0 fully saturated rings. The SMILES string of the molecule is Cc1cnc(CNS(=O)(=O)c2c(C)c(C)c(C)c(C)c2C)cn1. The smallest absolute Gasteiger partial charge is 0.241 e. The molecule has 1 aromatic heterocycles. The Balaban J connectivity index is 2.39. The number of hydrogen-bond donors (Lipinski definition) is 1. The van der Waals surface area contributed by atoms with Gasteiger partial charge in [-0.2, -0.15) is 0 Å². The van der Waals surface area contributed by atoms with Crippen molar-refractivity contribution in [3.63, 3.8) is 0 Å². The van der Waals surface area contributed by atoms with Gasteiger partial charge in [0.25, 0.3) is 0 Å². The molecule has 0 atom stereocenters. The quantitative estimate of drug-likeness (QED) is 0.934. The lowest BCUT2D eigenvalue weighted by Crippen LogP contribution is -2.26. The summed E-state index contributed by atoms with van der Waals surface area (Å²) < 4.78 is 28.2. The fourth-order valence-electron chi connectivity index (χ4n) is 2.62. The van der Waals surface area contributed by atoms with Crippen molar-refractivity contribution in [1.82, 2.24) is 14.7 Å². The molecule has 6 heteroatoms. The van der Waals surface area contributed by atoms with Gasteiger partial charge < -0.3 is 0 Å². The van der Waals surface area contributed by atoms with E-state index >= 15 is 0 Å². The summed E-state index contributed by atoms with van der Waals surface area (Å²) >= 11 is 0. The van der Waals surface area contributed by atoms with Crippen LogP contribution in [0.5, 0.6) is 0 Å². The summed E-state index contributed by atoms with van der Waals surface area (Å²) in [6.07, 6.45) is 3.21. The lowest BCUT2D eigenvalue weighted by Gasteiger charge is -2.19. The summed E-state index contributed by atoms with van der Waals surface area (Å²) in [6.45, 7) is 11.6. The predicted octanol–water partition coefficient (Wildman–Crippen LogP) is 2.81. The van der Waals surface area contributed by atoms with Gasteiger partial charge in [-0.15, -0.1) is 0 Å². The van der Waals surface area contributed by atoms with Crippen LogP contribution in [-0.4, -0.2) is 18.4 Å². The third-order valence-corrected chi connectivity index (χ3v) is 6.15. The highest BCUT2D eigenvalue weighted by Gasteiger charge is 2.23. The highest BCUT2D eigenvalue weighted by atomic mass is 32.2. The summed E-state index contributed by atoms with van der Waals surface area (Å²) in [4.78, 5) is 8.68. The number of nitrogens with one attached hydrogen (secondary N) is 1. The van der Waals surface area contributed by atoms with Crippen molar-refractivity contribution in [3.05, 3.63) is 51.6 Å². The molecule has 0 radical (unpaired) electrons. The van der Waals surface area contributed by atoms with Crippen LogP contribution in [0.15, 0.2) is 17.3 Å². The monoisotopic (exact) mass is 333 g/mol. The molecule has 0 unspecified atom stereocenters. The number of aryl methyl sites for hydroxylation is 1. The van der Waals surface area contributed by atoms with Crippen LogP contribution in [0, 0.1) is 41.5 Å². The second-order valence-electron chi connectivity index (χ2n) is 5.93. The first-order chi connectivity index (χ1) is 10.6. The van der Waals surface area contributed by atoms with Gasteiger partial charge in [-0.05, 0) is 69.4 Å². The van der Waals surface area contributed by atoms with Crippen LogP contribution in [-0.2, 0) is 16.6 Å². The van der Waals surface area contributed by atoms with E-state index < -0.39 is 10.0 Å². The minimum absolute atomic E-state index is 0.125. The molecule has 0 aliphatic rings. The van der Waals surface area contributed by atoms with Crippen molar-refractivity contribution < 1.29 is 8.42 Å². The lowest BCUT2D eigenvalue weighted by molar-refractivity contribution is 0.578. The second-order valence-corrected chi connectivity index (χ2v) is 7.63. The molecule has 0 saturated heterocycles. The van der Waals surface area contributed by atoms with Gasteiger partial charge in [0.1, 0.15) is 0 Å². The van der Waals surface area contributed by atoms with Crippen molar-refractivity contribution in [2.75, 3.05) is 0 Å². The molecule has 1 heterocycles. The average molecular weight is 333 g/mol.